The SMILES string of the molecule is COC1O[C@@H]2COC(c3ccccc3)O[C@H]2[C@H](OC(C)C(=O)OCc2ccccc2)[C@H]1NC(C)=O. The number of fused-ring (bicyclic) bond motifs is 1. The third-order valence-electron chi connectivity index (χ3n) is 5.93. The van der Waals surface area contributed by atoms with Crippen LogP contribution >= 0.6 is 0 Å². The molecule has 7 atom stereocenters. The van der Waals surface area contributed by atoms with Gasteiger partial charge in [0.25, 0.3) is 0 Å². The molecule has 1 N–H and O–H groups in total. The quantitative estimate of drug-likeness (QED) is 0.569. The first kappa shape index (κ1) is 25.3. The summed E-state index contributed by atoms with van der Waals surface area (Å²) in [5.74, 6) is -0.821. The van der Waals surface area contributed by atoms with Crippen molar-refractivity contribution in [2.24, 2.45) is 0 Å². The lowest BCUT2D eigenvalue weighted by atomic mass is 9.95. The predicted octanol–water partition coefficient (Wildman–Crippen LogP) is 2.49. The Morgan fingerprint density at radius 3 is 2.40 bits per heavy atom. The summed E-state index contributed by atoms with van der Waals surface area (Å²) in [4.78, 5) is 24.8. The lowest BCUT2D eigenvalue weighted by molar-refractivity contribution is -0.347. The Morgan fingerprint density at radius 2 is 1.74 bits per heavy atom. The van der Waals surface area contributed by atoms with Gasteiger partial charge in [0.1, 0.15) is 31.0 Å². The van der Waals surface area contributed by atoms with Crippen LogP contribution in [0.5, 0.6) is 0 Å². The number of amides is 1. The number of nitrogens with one attached hydrogen (secondary N) is 1. The highest BCUT2D eigenvalue weighted by Gasteiger charge is 2.52. The van der Waals surface area contributed by atoms with E-state index in [0.717, 1.165) is 11.1 Å². The van der Waals surface area contributed by atoms with Gasteiger partial charge in [0.15, 0.2) is 18.7 Å². The topological polar surface area (TPSA) is 102 Å². The fraction of sp³-hybridized carbons (Fsp3) is 0.462. The molecule has 9 nitrogen and oxygen atoms in total. The van der Waals surface area contributed by atoms with Crippen molar-refractivity contribution >= 4 is 11.9 Å². The number of rotatable bonds is 8. The fourth-order valence-electron chi connectivity index (χ4n) is 4.24. The minimum Gasteiger partial charge on any atom is -0.459 e. The standard InChI is InChI=1S/C26H31NO8/c1-16(24(29)31-14-18-10-6-4-7-11-18)33-23-21(27-17(2)28)26(30-3)34-20-15-32-25(35-22(20)23)19-12-8-5-9-13-19/h4-13,16,20-23,25-26H,14-15H2,1-3H3,(H,27,28)/t16?,20-,21-,22-,23-,25?,26?/m1/s1. The van der Waals surface area contributed by atoms with Crippen molar-refractivity contribution in [1.29, 1.82) is 0 Å². The van der Waals surface area contributed by atoms with Crippen LogP contribution in [0.3, 0.4) is 0 Å². The lowest BCUT2D eigenvalue weighted by Gasteiger charge is -2.49. The normalized spacial score (nSPS) is 29.0. The third kappa shape index (κ3) is 6.25. The van der Waals surface area contributed by atoms with Crippen molar-refractivity contribution < 1.29 is 38.0 Å². The molecule has 4 rings (SSSR count). The first-order valence-corrected chi connectivity index (χ1v) is 11.6. The van der Waals surface area contributed by atoms with Gasteiger partial charge < -0.3 is 33.7 Å². The van der Waals surface area contributed by atoms with Gasteiger partial charge in [-0.2, -0.15) is 0 Å². The second-order valence-electron chi connectivity index (χ2n) is 8.52. The highest BCUT2D eigenvalue weighted by molar-refractivity contribution is 5.74. The Balaban J connectivity index is 1.52. The van der Waals surface area contributed by atoms with E-state index in [9.17, 15) is 9.59 Å². The Labute approximate surface area is 204 Å². The maximum Gasteiger partial charge on any atom is 0.335 e. The zero-order valence-corrected chi connectivity index (χ0v) is 20.0. The molecule has 0 bridgehead atoms. The number of esters is 1. The maximum atomic E-state index is 12.8. The average molecular weight is 486 g/mol. The summed E-state index contributed by atoms with van der Waals surface area (Å²) in [6.45, 7) is 3.36. The van der Waals surface area contributed by atoms with Gasteiger partial charge in [-0.15, -0.1) is 0 Å². The highest BCUT2D eigenvalue weighted by Crippen LogP contribution is 2.36. The van der Waals surface area contributed by atoms with Gasteiger partial charge in [-0.1, -0.05) is 60.7 Å². The molecule has 0 saturated carbocycles. The van der Waals surface area contributed by atoms with Crippen LogP contribution in [-0.2, 0) is 44.6 Å². The van der Waals surface area contributed by atoms with E-state index >= 15 is 0 Å². The minimum atomic E-state index is -0.933. The van der Waals surface area contributed by atoms with Crippen molar-refractivity contribution in [3.8, 4) is 0 Å². The second-order valence-corrected chi connectivity index (χ2v) is 8.52. The van der Waals surface area contributed by atoms with Crippen molar-refractivity contribution in [1.82, 2.24) is 5.32 Å². The molecule has 9 heteroatoms. The van der Waals surface area contributed by atoms with Crippen LogP contribution < -0.4 is 5.32 Å². The largest absolute Gasteiger partial charge is 0.459 e. The van der Waals surface area contributed by atoms with Crippen LogP contribution in [0.1, 0.15) is 31.3 Å². The smallest absolute Gasteiger partial charge is 0.335 e. The first-order chi connectivity index (χ1) is 17.0. The molecule has 1 amide bonds. The molecule has 2 aromatic carbocycles. The van der Waals surface area contributed by atoms with E-state index in [1.165, 1.54) is 14.0 Å². The first-order valence-electron chi connectivity index (χ1n) is 11.6. The number of hydrogen-bond donors (Lipinski definition) is 1. The van der Waals surface area contributed by atoms with E-state index in [1.54, 1.807) is 6.92 Å². The summed E-state index contributed by atoms with van der Waals surface area (Å²) in [6, 6.07) is 18.2. The molecule has 2 aromatic rings. The molecule has 0 radical (unpaired) electrons. The number of carbonyl (C=O) groups is 2. The number of benzene rings is 2. The molecule has 2 heterocycles. The lowest BCUT2D eigenvalue weighted by Crippen LogP contribution is -2.67. The Bertz CT molecular complexity index is 972. The van der Waals surface area contributed by atoms with Crippen molar-refractivity contribution in [3.05, 3.63) is 71.8 Å². The van der Waals surface area contributed by atoms with Crippen LogP contribution in [0.25, 0.3) is 0 Å². The van der Waals surface area contributed by atoms with E-state index in [1.807, 2.05) is 60.7 Å². The van der Waals surface area contributed by atoms with E-state index in [4.69, 9.17) is 28.4 Å². The van der Waals surface area contributed by atoms with Gasteiger partial charge in [0.2, 0.25) is 5.91 Å². The molecule has 0 aliphatic carbocycles. The van der Waals surface area contributed by atoms with Crippen LogP contribution in [0.15, 0.2) is 60.7 Å². The monoisotopic (exact) mass is 485 g/mol. The number of ether oxygens (including phenoxy) is 6. The van der Waals surface area contributed by atoms with E-state index in [-0.39, 0.29) is 19.1 Å². The predicted molar refractivity (Wildman–Crippen MR) is 124 cm³/mol. The highest BCUT2D eigenvalue weighted by atomic mass is 16.7. The number of hydrogen-bond acceptors (Lipinski definition) is 8. The minimum absolute atomic E-state index is 0.128. The third-order valence-corrected chi connectivity index (χ3v) is 5.93. The van der Waals surface area contributed by atoms with Crippen LogP contribution in [0.2, 0.25) is 0 Å². The molecule has 2 aliphatic heterocycles. The van der Waals surface area contributed by atoms with Gasteiger partial charge in [0, 0.05) is 19.6 Å². The summed E-state index contributed by atoms with van der Waals surface area (Å²) in [6.07, 6.45) is -4.33. The van der Waals surface area contributed by atoms with Gasteiger partial charge >= 0.3 is 5.97 Å². The molecular weight excluding hydrogens is 454 g/mol. The Kier molecular flexibility index (Phi) is 8.48. The molecule has 35 heavy (non-hydrogen) atoms. The zero-order chi connectivity index (χ0) is 24.8. The summed E-state index contributed by atoms with van der Waals surface area (Å²) in [5, 5.41) is 2.84. The van der Waals surface area contributed by atoms with Crippen molar-refractivity contribution in [2.75, 3.05) is 13.7 Å². The van der Waals surface area contributed by atoms with Crippen LogP contribution in [0, 0.1) is 0 Å². The molecular formula is C26H31NO8. The summed E-state index contributed by atoms with van der Waals surface area (Å²) >= 11 is 0. The number of carbonyl (C=O) groups excluding carboxylic acids is 2. The van der Waals surface area contributed by atoms with E-state index < -0.39 is 49.0 Å². The van der Waals surface area contributed by atoms with E-state index in [2.05, 4.69) is 5.32 Å². The summed E-state index contributed by atoms with van der Waals surface area (Å²) < 4.78 is 35.4. The molecule has 2 saturated heterocycles. The van der Waals surface area contributed by atoms with Gasteiger partial charge in [-0.3, -0.25) is 4.79 Å². The van der Waals surface area contributed by atoms with Gasteiger partial charge in [-0.25, -0.2) is 4.79 Å². The van der Waals surface area contributed by atoms with Gasteiger partial charge in [0.05, 0.1) is 6.61 Å². The van der Waals surface area contributed by atoms with Crippen LogP contribution in [-0.4, -0.2) is 62.3 Å². The van der Waals surface area contributed by atoms with Crippen molar-refractivity contribution in [3.63, 3.8) is 0 Å². The Hall–Kier alpha value is -2.82. The maximum absolute atomic E-state index is 12.8. The fourth-order valence-corrected chi connectivity index (χ4v) is 4.24. The molecule has 0 aromatic heterocycles. The van der Waals surface area contributed by atoms with Crippen LogP contribution in [0.4, 0.5) is 0 Å². The Morgan fingerprint density at radius 1 is 1.06 bits per heavy atom. The summed E-state index contributed by atoms with van der Waals surface area (Å²) in [7, 11) is 1.48. The zero-order valence-electron chi connectivity index (χ0n) is 20.0. The molecule has 2 fully saturated rings. The van der Waals surface area contributed by atoms with Crippen molar-refractivity contribution in [2.45, 2.75) is 63.5 Å². The van der Waals surface area contributed by atoms with E-state index in [0.29, 0.717) is 0 Å². The summed E-state index contributed by atoms with van der Waals surface area (Å²) in [5.41, 5.74) is 1.71. The van der Waals surface area contributed by atoms with Gasteiger partial charge in [-0.05, 0) is 12.5 Å². The molecule has 0 spiro atoms. The molecule has 188 valence electrons. The molecule has 2 aliphatic rings. The average Bonchev–Trinajstić information content (AvgIpc) is 2.88. The second kappa shape index (κ2) is 11.7. The number of methoxy groups -OCH3 is 1. The molecule has 3 unspecified atom stereocenters.